The van der Waals surface area contributed by atoms with Gasteiger partial charge in [-0.25, -0.2) is 4.79 Å². The van der Waals surface area contributed by atoms with Gasteiger partial charge < -0.3 is 4.74 Å². The SMILES string of the molecule is C=C1CC[C@H]2C(=C)CC[C@H]3/C(=C\c4ccc(CC)cc4)C(=O)O[C@@H]3[C@@H]12. The lowest BCUT2D eigenvalue weighted by Crippen LogP contribution is -2.28. The van der Waals surface area contributed by atoms with Crippen molar-refractivity contribution in [3.63, 3.8) is 0 Å². The van der Waals surface area contributed by atoms with Gasteiger partial charge in [0.25, 0.3) is 0 Å². The lowest BCUT2D eigenvalue weighted by molar-refractivity contribution is -0.140. The van der Waals surface area contributed by atoms with Crippen molar-refractivity contribution in [3.8, 4) is 0 Å². The Labute approximate surface area is 150 Å². The highest BCUT2D eigenvalue weighted by Crippen LogP contribution is 2.52. The predicted molar refractivity (Wildman–Crippen MR) is 101 cm³/mol. The first-order valence-electron chi connectivity index (χ1n) is 9.45. The summed E-state index contributed by atoms with van der Waals surface area (Å²) in [5.74, 6) is 0.733. The third kappa shape index (κ3) is 2.78. The minimum absolute atomic E-state index is 0.0482. The predicted octanol–water partition coefficient (Wildman–Crippen LogP) is 5.11. The molecule has 25 heavy (non-hydrogen) atoms. The average Bonchev–Trinajstić information content (AvgIpc) is 3.09. The van der Waals surface area contributed by atoms with E-state index in [1.165, 1.54) is 16.7 Å². The van der Waals surface area contributed by atoms with Gasteiger partial charge in [-0.05, 0) is 55.2 Å². The Bertz CT molecular complexity index is 753. The van der Waals surface area contributed by atoms with Gasteiger partial charge in [-0.3, -0.25) is 0 Å². The molecule has 1 aliphatic heterocycles. The van der Waals surface area contributed by atoms with Crippen LogP contribution in [0.25, 0.3) is 6.08 Å². The van der Waals surface area contributed by atoms with Gasteiger partial charge in [0, 0.05) is 17.4 Å². The molecule has 0 radical (unpaired) electrons. The molecule has 3 fully saturated rings. The summed E-state index contributed by atoms with van der Waals surface area (Å²) in [4.78, 5) is 12.6. The molecule has 0 unspecified atom stereocenters. The number of aryl methyl sites for hydroxylation is 1. The van der Waals surface area contributed by atoms with Crippen LogP contribution in [0.3, 0.4) is 0 Å². The van der Waals surface area contributed by atoms with Gasteiger partial charge in [-0.1, -0.05) is 55.5 Å². The van der Waals surface area contributed by atoms with Gasteiger partial charge in [-0.15, -0.1) is 0 Å². The number of esters is 1. The van der Waals surface area contributed by atoms with Crippen molar-refractivity contribution < 1.29 is 9.53 Å². The highest BCUT2D eigenvalue weighted by atomic mass is 16.6. The number of carbonyl (C=O) groups is 1. The van der Waals surface area contributed by atoms with E-state index in [0.717, 1.165) is 43.2 Å². The number of benzene rings is 1. The van der Waals surface area contributed by atoms with Crippen LogP contribution in [-0.4, -0.2) is 12.1 Å². The van der Waals surface area contributed by atoms with Crippen molar-refractivity contribution in [2.75, 3.05) is 0 Å². The first kappa shape index (κ1) is 16.4. The van der Waals surface area contributed by atoms with Crippen molar-refractivity contribution in [3.05, 3.63) is 65.3 Å². The molecule has 1 saturated heterocycles. The Morgan fingerprint density at radius 1 is 1.08 bits per heavy atom. The Morgan fingerprint density at radius 2 is 1.76 bits per heavy atom. The van der Waals surface area contributed by atoms with Crippen molar-refractivity contribution in [2.24, 2.45) is 17.8 Å². The first-order chi connectivity index (χ1) is 12.1. The minimum Gasteiger partial charge on any atom is -0.458 e. The number of carbonyl (C=O) groups excluding carboxylic acids is 1. The summed E-state index contributed by atoms with van der Waals surface area (Å²) in [7, 11) is 0. The molecule has 2 nitrogen and oxygen atoms in total. The quantitative estimate of drug-likeness (QED) is 0.427. The molecule has 0 aromatic heterocycles. The number of rotatable bonds is 2. The van der Waals surface area contributed by atoms with E-state index in [4.69, 9.17) is 4.74 Å². The molecule has 0 N–H and O–H groups in total. The summed E-state index contributed by atoms with van der Waals surface area (Å²) in [5.41, 5.74) is 5.78. The zero-order valence-corrected chi connectivity index (χ0v) is 15.0. The van der Waals surface area contributed by atoms with Gasteiger partial charge in [0.2, 0.25) is 0 Å². The third-order valence-corrected chi connectivity index (χ3v) is 6.32. The van der Waals surface area contributed by atoms with Crippen molar-refractivity contribution >= 4 is 12.0 Å². The van der Waals surface area contributed by atoms with Gasteiger partial charge in [0.05, 0.1) is 0 Å². The standard InChI is InChI=1S/C23H26O2/c1-4-16-7-9-17(10-8-16)13-20-19-12-5-14(2)18-11-6-15(3)21(18)22(19)25-23(20)24/h7-10,13,18-19,21-22H,2-6,11-12H2,1H3/b20-13+/t18-,19-,21-,22-/m0/s1. The molecule has 2 aliphatic carbocycles. The Morgan fingerprint density at radius 3 is 2.48 bits per heavy atom. The van der Waals surface area contributed by atoms with E-state index in [1.807, 2.05) is 6.08 Å². The molecule has 1 aromatic rings. The van der Waals surface area contributed by atoms with E-state index < -0.39 is 0 Å². The van der Waals surface area contributed by atoms with Crippen LogP contribution in [0.5, 0.6) is 0 Å². The summed E-state index contributed by atoms with van der Waals surface area (Å²) in [6, 6.07) is 8.46. The fourth-order valence-corrected chi connectivity index (χ4v) is 4.86. The van der Waals surface area contributed by atoms with Gasteiger partial charge in [0.1, 0.15) is 6.10 Å². The maximum Gasteiger partial charge on any atom is 0.334 e. The Kier molecular flexibility index (Phi) is 4.15. The molecule has 4 rings (SSSR count). The second-order valence-electron chi connectivity index (χ2n) is 7.70. The number of ether oxygens (including phenoxy) is 1. The highest BCUT2D eigenvalue weighted by molar-refractivity contribution is 5.96. The third-order valence-electron chi connectivity index (χ3n) is 6.32. The van der Waals surface area contributed by atoms with Gasteiger partial charge in [0.15, 0.2) is 0 Å². The minimum atomic E-state index is -0.138. The molecule has 2 heteroatoms. The summed E-state index contributed by atoms with van der Waals surface area (Å²) >= 11 is 0. The first-order valence-corrected chi connectivity index (χ1v) is 9.45. The van der Waals surface area contributed by atoms with Crippen LogP contribution in [0, 0.1) is 17.8 Å². The Hall–Kier alpha value is -2.09. The molecule has 130 valence electrons. The molecule has 4 atom stereocenters. The molecule has 1 aromatic carbocycles. The molecular weight excluding hydrogens is 308 g/mol. The zero-order chi connectivity index (χ0) is 17.6. The van der Waals surface area contributed by atoms with Gasteiger partial charge >= 0.3 is 5.97 Å². The van der Waals surface area contributed by atoms with Crippen molar-refractivity contribution in [2.45, 2.75) is 45.1 Å². The topological polar surface area (TPSA) is 26.3 Å². The molecule has 0 spiro atoms. The van der Waals surface area contributed by atoms with E-state index in [2.05, 4.69) is 44.3 Å². The summed E-state index contributed by atoms with van der Waals surface area (Å²) < 4.78 is 5.90. The van der Waals surface area contributed by atoms with Gasteiger partial charge in [-0.2, -0.15) is 0 Å². The summed E-state index contributed by atoms with van der Waals surface area (Å²) in [6.45, 7) is 10.7. The monoisotopic (exact) mass is 334 g/mol. The molecular formula is C23H26O2. The lowest BCUT2D eigenvalue weighted by atomic mass is 9.81. The Balaban J connectivity index is 1.68. The summed E-state index contributed by atoms with van der Waals surface area (Å²) in [6.07, 6.45) is 7.09. The van der Waals surface area contributed by atoms with Crippen LogP contribution in [0.4, 0.5) is 0 Å². The van der Waals surface area contributed by atoms with Crippen LogP contribution in [-0.2, 0) is 16.0 Å². The van der Waals surface area contributed by atoms with E-state index in [-0.39, 0.29) is 23.9 Å². The van der Waals surface area contributed by atoms with E-state index in [0.29, 0.717) is 5.92 Å². The summed E-state index contributed by atoms with van der Waals surface area (Å²) in [5, 5.41) is 0. The normalized spacial score (nSPS) is 33.2. The van der Waals surface area contributed by atoms with Crippen LogP contribution in [0.1, 0.15) is 43.7 Å². The molecule has 3 aliphatic rings. The van der Waals surface area contributed by atoms with Crippen LogP contribution >= 0.6 is 0 Å². The number of fused-ring (bicyclic) bond motifs is 3. The van der Waals surface area contributed by atoms with Crippen molar-refractivity contribution in [1.82, 2.24) is 0 Å². The van der Waals surface area contributed by atoms with Crippen LogP contribution in [0.15, 0.2) is 54.1 Å². The molecule has 0 amide bonds. The number of hydrogen-bond donors (Lipinski definition) is 0. The van der Waals surface area contributed by atoms with E-state index in [1.54, 1.807) is 0 Å². The van der Waals surface area contributed by atoms with E-state index >= 15 is 0 Å². The second-order valence-corrected chi connectivity index (χ2v) is 7.70. The van der Waals surface area contributed by atoms with Crippen molar-refractivity contribution in [1.29, 1.82) is 0 Å². The smallest absolute Gasteiger partial charge is 0.334 e. The lowest BCUT2D eigenvalue weighted by Gasteiger charge is -2.26. The molecule has 1 heterocycles. The fourth-order valence-electron chi connectivity index (χ4n) is 4.86. The van der Waals surface area contributed by atoms with E-state index in [9.17, 15) is 4.79 Å². The highest BCUT2D eigenvalue weighted by Gasteiger charge is 2.50. The number of allylic oxidation sites excluding steroid dienone is 1. The zero-order valence-electron chi connectivity index (χ0n) is 15.0. The molecule has 2 saturated carbocycles. The second kappa shape index (κ2) is 6.33. The van der Waals surface area contributed by atoms with Crippen LogP contribution < -0.4 is 0 Å². The molecule has 0 bridgehead atoms. The maximum absolute atomic E-state index is 12.6. The largest absolute Gasteiger partial charge is 0.458 e. The number of hydrogen-bond acceptors (Lipinski definition) is 2. The fraction of sp³-hybridized carbons (Fsp3) is 0.435. The van der Waals surface area contributed by atoms with Crippen LogP contribution in [0.2, 0.25) is 0 Å². The average molecular weight is 334 g/mol. The maximum atomic E-state index is 12.6.